The normalized spacial score (nSPS) is 16.7. The number of fused-ring (bicyclic) bond motifs is 3. The van der Waals surface area contributed by atoms with Crippen molar-refractivity contribution >= 4 is 49.5 Å². The van der Waals surface area contributed by atoms with Crippen LogP contribution >= 0.6 is 15.9 Å². The first-order chi connectivity index (χ1) is 23.0. The highest BCUT2D eigenvalue weighted by atomic mass is 79.9. The molecule has 2 aromatic carbocycles. The molecule has 3 heterocycles. The van der Waals surface area contributed by atoms with Crippen molar-refractivity contribution in [2.24, 2.45) is 0 Å². The molecule has 10 nitrogen and oxygen atoms in total. The first kappa shape index (κ1) is 31.9. The number of benzene rings is 2. The lowest BCUT2D eigenvalue weighted by Gasteiger charge is -2.37. The van der Waals surface area contributed by atoms with E-state index in [9.17, 15) is 9.59 Å². The van der Waals surface area contributed by atoms with Crippen LogP contribution in [0.3, 0.4) is 0 Å². The van der Waals surface area contributed by atoms with Gasteiger partial charge in [0.05, 0.1) is 47.0 Å². The summed E-state index contributed by atoms with van der Waals surface area (Å²) in [6.45, 7) is 5.75. The van der Waals surface area contributed by atoms with Gasteiger partial charge in [0.25, 0.3) is 5.56 Å². The number of aromatic nitrogens is 4. The van der Waals surface area contributed by atoms with E-state index in [2.05, 4.69) is 43.6 Å². The molecule has 11 heteroatoms. The lowest BCUT2D eigenvalue weighted by atomic mass is 9.87. The van der Waals surface area contributed by atoms with E-state index in [4.69, 9.17) is 14.7 Å². The number of alkyl carbamates (subject to hydrolysis) is 1. The Balaban J connectivity index is 1.28. The van der Waals surface area contributed by atoms with Gasteiger partial charge in [-0.1, -0.05) is 36.4 Å². The number of amides is 2. The van der Waals surface area contributed by atoms with Gasteiger partial charge in [-0.05, 0) is 104 Å². The number of H-pyrrole nitrogens is 1. The van der Waals surface area contributed by atoms with Crippen LogP contribution in [-0.2, 0) is 34.5 Å². The molecule has 2 N–H and O–H groups in total. The van der Waals surface area contributed by atoms with Crippen LogP contribution in [0.1, 0.15) is 80.7 Å². The number of nitrogens with one attached hydrogen (secondary N) is 2. The standard InChI is InChI=1S/C37H37BrN6O4/c1-36(2,3)48-35(47)41-20-29-27-18-23(13-14-26(27)33(45)43-42-29)37(15-16-37)34(46)44(31-12-6-8-22-9-7-17-39-32(22)31)21-30-25-11-5-4-10-24(25)28(38)19-40-30/h4-5,7,9-11,13-14,17-19,31H,6,8,12,15-16,20-21H2,1-3H3,(H,41,47)(H,43,45). The van der Waals surface area contributed by atoms with Gasteiger partial charge in [0.1, 0.15) is 5.60 Å². The Kier molecular flexibility index (Phi) is 8.27. The number of nitrogens with zero attached hydrogens (tertiary/aromatic N) is 4. The first-order valence-corrected chi connectivity index (χ1v) is 17.1. The largest absolute Gasteiger partial charge is 0.444 e. The quantitative estimate of drug-likeness (QED) is 0.190. The Bertz CT molecular complexity index is 2120. The van der Waals surface area contributed by atoms with Gasteiger partial charge >= 0.3 is 6.09 Å². The summed E-state index contributed by atoms with van der Waals surface area (Å²) in [5.74, 6) is 0.0189. The van der Waals surface area contributed by atoms with E-state index in [1.807, 2.05) is 41.3 Å². The molecule has 0 spiro atoms. The number of hydrogen-bond acceptors (Lipinski definition) is 7. The van der Waals surface area contributed by atoms with Crippen molar-refractivity contribution in [3.05, 3.63) is 110 Å². The SMILES string of the molecule is CC(C)(C)OC(=O)NCc1n[nH]c(=O)c2ccc(C3(C(=O)N(Cc4ncc(Br)c5ccccc45)C4CCCc5cccnc54)CC3)cc12. The number of carbonyl (C=O) groups excluding carboxylic acids is 2. The van der Waals surface area contributed by atoms with Crippen LogP contribution in [0.25, 0.3) is 21.5 Å². The third-order valence-electron chi connectivity index (χ3n) is 9.33. The van der Waals surface area contributed by atoms with Crippen molar-refractivity contribution < 1.29 is 14.3 Å². The van der Waals surface area contributed by atoms with Crippen molar-refractivity contribution in [3.63, 3.8) is 0 Å². The van der Waals surface area contributed by atoms with E-state index in [0.29, 0.717) is 35.9 Å². The van der Waals surface area contributed by atoms with E-state index < -0.39 is 17.1 Å². The zero-order valence-corrected chi connectivity index (χ0v) is 28.8. The first-order valence-electron chi connectivity index (χ1n) is 16.3. The Hall–Kier alpha value is -4.64. The summed E-state index contributed by atoms with van der Waals surface area (Å²) in [4.78, 5) is 51.9. The third kappa shape index (κ3) is 6.07. The van der Waals surface area contributed by atoms with Crippen molar-refractivity contribution in [2.75, 3.05) is 0 Å². The summed E-state index contributed by atoms with van der Waals surface area (Å²) >= 11 is 3.65. The zero-order chi connectivity index (χ0) is 33.6. The molecule has 1 unspecified atom stereocenters. The Morgan fingerprint density at radius 3 is 2.58 bits per heavy atom. The van der Waals surface area contributed by atoms with Crippen LogP contribution in [-0.4, -0.2) is 42.7 Å². The summed E-state index contributed by atoms with van der Waals surface area (Å²) in [6.07, 6.45) is 7.06. The maximum atomic E-state index is 15.1. The second-order valence-corrected chi connectivity index (χ2v) is 14.5. The lowest BCUT2D eigenvalue weighted by molar-refractivity contribution is -0.137. The van der Waals surface area contributed by atoms with Gasteiger partial charge in [0.15, 0.2) is 0 Å². The summed E-state index contributed by atoms with van der Waals surface area (Å²) < 4.78 is 6.30. The highest BCUT2D eigenvalue weighted by molar-refractivity contribution is 9.10. The number of ether oxygens (including phenoxy) is 1. The van der Waals surface area contributed by atoms with Gasteiger partial charge in [-0.15, -0.1) is 0 Å². The van der Waals surface area contributed by atoms with Gasteiger partial charge in [-0.3, -0.25) is 19.6 Å². The van der Waals surface area contributed by atoms with Crippen molar-refractivity contribution in [2.45, 2.75) is 83.0 Å². The van der Waals surface area contributed by atoms with Crippen molar-refractivity contribution in [1.82, 2.24) is 30.4 Å². The monoisotopic (exact) mass is 708 g/mol. The molecule has 2 aliphatic rings. The fraction of sp³-hybridized carbons (Fsp3) is 0.351. The van der Waals surface area contributed by atoms with Gasteiger partial charge in [-0.25, -0.2) is 9.89 Å². The smallest absolute Gasteiger partial charge is 0.407 e. The molecule has 7 rings (SSSR count). The fourth-order valence-corrected chi connectivity index (χ4v) is 7.31. The number of rotatable bonds is 7. The van der Waals surface area contributed by atoms with Crippen LogP contribution < -0.4 is 10.9 Å². The van der Waals surface area contributed by atoms with Crippen molar-refractivity contribution in [3.8, 4) is 0 Å². The van der Waals surface area contributed by atoms with E-state index in [1.54, 1.807) is 39.2 Å². The molecule has 2 aliphatic carbocycles. The average Bonchev–Trinajstić information content (AvgIpc) is 3.89. The molecule has 2 amide bonds. The van der Waals surface area contributed by atoms with Gasteiger partial charge in [-0.2, -0.15) is 5.10 Å². The summed E-state index contributed by atoms with van der Waals surface area (Å²) in [5, 5.41) is 12.6. The molecule has 1 saturated carbocycles. The predicted molar refractivity (Wildman–Crippen MR) is 186 cm³/mol. The molecule has 3 aromatic heterocycles. The van der Waals surface area contributed by atoms with E-state index in [1.165, 1.54) is 5.56 Å². The minimum absolute atomic E-state index is 0.0189. The van der Waals surface area contributed by atoms with Gasteiger partial charge in [0, 0.05) is 27.6 Å². The molecule has 0 radical (unpaired) electrons. The third-order valence-corrected chi connectivity index (χ3v) is 9.96. The van der Waals surface area contributed by atoms with E-state index in [-0.39, 0.29) is 24.1 Å². The molecule has 0 bridgehead atoms. The number of halogens is 1. The second-order valence-electron chi connectivity index (χ2n) is 13.7. The topological polar surface area (TPSA) is 130 Å². The highest BCUT2D eigenvalue weighted by Gasteiger charge is 2.54. The summed E-state index contributed by atoms with van der Waals surface area (Å²) in [5.41, 5.74) is 2.47. The molecule has 0 aliphatic heterocycles. The molecule has 0 saturated heterocycles. The number of aryl methyl sites for hydroxylation is 1. The second kappa shape index (κ2) is 12.4. The number of hydrogen-bond donors (Lipinski definition) is 2. The van der Waals surface area contributed by atoms with E-state index in [0.717, 1.165) is 51.5 Å². The zero-order valence-electron chi connectivity index (χ0n) is 27.2. The summed E-state index contributed by atoms with van der Waals surface area (Å²) in [7, 11) is 0. The van der Waals surface area contributed by atoms with Crippen molar-refractivity contribution in [1.29, 1.82) is 0 Å². The Morgan fingerprint density at radius 1 is 1.02 bits per heavy atom. The van der Waals surface area contributed by atoms with Crippen LogP contribution in [0.2, 0.25) is 0 Å². The minimum atomic E-state index is -0.774. The Labute approximate surface area is 286 Å². The maximum absolute atomic E-state index is 15.1. The van der Waals surface area contributed by atoms with Crippen LogP contribution in [0.5, 0.6) is 0 Å². The average molecular weight is 710 g/mol. The van der Waals surface area contributed by atoms with Crippen LogP contribution in [0.15, 0.2) is 76.3 Å². The maximum Gasteiger partial charge on any atom is 0.407 e. The molecule has 1 fully saturated rings. The van der Waals surface area contributed by atoms with Crippen LogP contribution in [0.4, 0.5) is 4.79 Å². The number of pyridine rings is 2. The molecule has 48 heavy (non-hydrogen) atoms. The number of carbonyl (C=O) groups is 2. The van der Waals surface area contributed by atoms with Gasteiger partial charge in [0.2, 0.25) is 5.91 Å². The molecule has 246 valence electrons. The fourth-order valence-electron chi connectivity index (χ4n) is 6.86. The molecular formula is C37H37BrN6O4. The highest BCUT2D eigenvalue weighted by Crippen LogP contribution is 2.52. The predicted octanol–water partition coefficient (Wildman–Crippen LogP) is 6.79. The molecule has 1 atom stereocenters. The summed E-state index contributed by atoms with van der Waals surface area (Å²) in [6, 6.07) is 17.5. The minimum Gasteiger partial charge on any atom is -0.444 e. The van der Waals surface area contributed by atoms with Crippen LogP contribution in [0, 0.1) is 0 Å². The Morgan fingerprint density at radius 2 is 1.81 bits per heavy atom. The van der Waals surface area contributed by atoms with Gasteiger partial charge < -0.3 is 15.0 Å². The lowest BCUT2D eigenvalue weighted by Crippen LogP contribution is -2.43. The number of aromatic amines is 1. The molecule has 5 aromatic rings. The van der Waals surface area contributed by atoms with E-state index >= 15 is 4.79 Å². The molecular weight excluding hydrogens is 672 g/mol.